The van der Waals surface area contributed by atoms with Crippen LogP contribution in [0.15, 0.2) is 36.7 Å². The zero-order chi connectivity index (χ0) is 17.0. The van der Waals surface area contributed by atoms with Crippen LogP contribution in [-0.4, -0.2) is 24.9 Å². The van der Waals surface area contributed by atoms with Gasteiger partial charge in [0.15, 0.2) is 5.65 Å². The lowest BCUT2D eigenvalue weighted by molar-refractivity contribution is 0.0650. The number of aromatic nitrogens is 4. The number of nitrogens with zero attached hydrogens (tertiary/aromatic N) is 4. The third kappa shape index (κ3) is 2.53. The molecule has 4 aromatic heterocycles. The maximum Gasteiger partial charge on any atom is 0.181 e. The first-order chi connectivity index (χ1) is 12.2. The normalized spacial score (nSPS) is 16.4. The molecule has 1 N–H and O–H groups in total. The van der Waals surface area contributed by atoms with Crippen molar-refractivity contribution in [2.24, 2.45) is 13.0 Å². The summed E-state index contributed by atoms with van der Waals surface area (Å²) < 4.78 is 1.77. The minimum absolute atomic E-state index is 0.343. The molecule has 4 heterocycles. The van der Waals surface area contributed by atoms with Gasteiger partial charge in [0, 0.05) is 40.7 Å². The molecule has 1 atom stereocenters. The fourth-order valence-corrected chi connectivity index (χ4v) is 4.52. The van der Waals surface area contributed by atoms with Gasteiger partial charge in [0.25, 0.3) is 0 Å². The van der Waals surface area contributed by atoms with E-state index >= 15 is 0 Å². The molecule has 0 saturated heterocycles. The van der Waals surface area contributed by atoms with Gasteiger partial charge in [-0.15, -0.1) is 11.3 Å². The van der Waals surface area contributed by atoms with E-state index in [1.165, 1.54) is 6.42 Å². The van der Waals surface area contributed by atoms with E-state index in [0.717, 1.165) is 50.2 Å². The average Bonchev–Trinajstić information content (AvgIpc) is 3.13. The summed E-state index contributed by atoms with van der Waals surface area (Å²) in [6.07, 6.45) is 6.93. The molecule has 0 amide bonds. The largest absolute Gasteiger partial charge is 0.387 e. The molecule has 0 aromatic carbocycles. The van der Waals surface area contributed by atoms with Crippen LogP contribution in [0.3, 0.4) is 0 Å². The second-order valence-corrected chi connectivity index (χ2v) is 7.88. The van der Waals surface area contributed by atoms with Crippen LogP contribution in [0.25, 0.3) is 32.5 Å². The maximum atomic E-state index is 10.5. The summed E-state index contributed by atoms with van der Waals surface area (Å²) in [6, 6.07) is 8.26. The number of fused-ring (bicyclic) bond motifs is 2. The molecule has 25 heavy (non-hydrogen) atoms. The number of hydrogen-bond acceptors (Lipinski definition) is 5. The van der Waals surface area contributed by atoms with E-state index in [1.54, 1.807) is 16.0 Å². The van der Waals surface area contributed by atoms with Crippen molar-refractivity contribution >= 4 is 32.6 Å². The monoisotopic (exact) mass is 350 g/mol. The molecule has 0 spiro atoms. The highest BCUT2D eigenvalue weighted by molar-refractivity contribution is 7.18. The van der Waals surface area contributed by atoms with Crippen LogP contribution in [0.5, 0.6) is 0 Å². The fraction of sp³-hybridized carbons (Fsp3) is 0.316. The minimum atomic E-state index is -0.343. The quantitative estimate of drug-likeness (QED) is 0.605. The van der Waals surface area contributed by atoms with Crippen molar-refractivity contribution in [3.63, 3.8) is 0 Å². The molecule has 0 aliphatic heterocycles. The Morgan fingerprint density at radius 3 is 2.92 bits per heavy atom. The van der Waals surface area contributed by atoms with E-state index < -0.39 is 0 Å². The molecule has 6 heteroatoms. The SMILES string of the molecule is Cn1cc2cc(-c3ccc4cc(C(O)C5CCC5)sc4n3)cnc2n1. The second kappa shape index (κ2) is 5.61. The van der Waals surface area contributed by atoms with Gasteiger partial charge in [-0.2, -0.15) is 5.10 Å². The Morgan fingerprint density at radius 2 is 2.12 bits per heavy atom. The lowest BCUT2D eigenvalue weighted by Gasteiger charge is -2.29. The summed E-state index contributed by atoms with van der Waals surface area (Å²) in [6.45, 7) is 0. The fourth-order valence-electron chi connectivity index (χ4n) is 3.40. The third-order valence-corrected chi connectivity index (χ3v) is 6.17. The van der Waals surface area contributed by atoms with Crippen LogP contribution in [0.2, 0.25) is 0 Å². The van der Waals surface area contributed by atoms with Gasteiger partial charge >= 0.3 is 0 Å². The molecule has 0 bridgehead atoms. The Labute approximate surface area is 149 Å². The molecular weight excluding hydrogens is 332 g/mol. The number of pyridine rings is 2. The summed E-state index contributed by atoms with van der Waals surface area (Å²) in [5, 5.41) is 16.9. The smallest absolute Gasteiger partial charge is 0.181 e. The van der Waals surface area contributed by atoms with E-state index in [4.69, 9.17) is 4.98 Å². The standard InChI is InChI=1S/C19H18N4OS/c1-23-10-14-7-13(9-20-18(14)22-23)15-6-5-12-8-16(25-19(12)21-15)17(24)11-3-2-4-11/h5-11,17,24H,2-4H2,1H3. The number of hydrogen-bond donors (Lipinski definition) is 1. The van der Waals surface area contributed by atoms with E-state index in [0.29, 0.717) is 5.92 Å². The van der Waals surface area contributed by atoms with Crippen molar-refractivity contribution in [3.05, 3.63) is 41.5 Å². The molecule has 5 nitrogen and oxygen atoms in total. The van der Waals surface area contributed by atoms with Crippen molar-refractivity contribution in [3.8, 4) is 11.3 Å². The minimum Gasteiger partial charge on any atom is -0.387 e. The Balaban J connectivity index is 1.54. The van der Waals surface area contributed by atoms with E-state index in [9.17, 15) is 5.11 Å². The van der Waals surface area contributed by atoms with Gasteiger partial charge in [0.1, 0.15) is 4.83 Å². The number of aliphatic hydroxyl groups excluding tert-OH is 1. The highest BCUT2D eigenvalue weighted by Gasteiger charge is 2.28. The summed E-state index contributed by atoms with van der Waals surface area (Å²) >= 11 is 1.60. The summed E-state index contributed by atoms with van der Waals surface area (Å²) in [5.74, 6) is 0.421. The third-order valence-electron chi connectivity index (χ3n) is 5.06. The molecule has 4 aromatic rings. The molecule has 1 aliphatic rings. The molecule has 126 valence electrons. The van der Waals surface area contributed by atoms with E-state index in [-0.39, 0.29) is 6.10 Å². The van der Waals surface area contributed by atoms with E-state index in [1.807, 2.05) is 25.5 Å². The second-order valence-electron chi connectivity index (χ2n) is 6.82. The lowest BCUT2D eigenvalue weighted by Crippen LogP contribution is -2.19. The van der Waals surface area contributed by atoms with Gasteiger partial charge in [-0.05, 0) is 43.0 Å². The van der Waals surface area contributed by atoms with Gasteiger partial charge < -0.3 is 5.11 Å². The lowest BCUT2D eigenvalue weighted by atomic mass is 9.80. The average molecular weight is 350 g/mol. The van der Waals surface area contributed by atoms with Gasteiger partial charge in [-0.25, -0.2) is 9.97 Å². The molecular formula is C19H18N4OS. The summed E-state index contributed by atoms with van der Waals surface area (Å²) in [7, 11) is 1.90. The van der Waals surface area contributed by atoms with Gasteiger partial charge in [-0.3, -0.25) is 4.68 Å². The Morgan fingerprint density at radius 1 is 1.24 bits per heavy atom. The molecule has 1 fully saturated rings. The Hall–Kier alpha value is -2.31. The predicted molar refractivity (Wildman–Crippen MR) is 99.4 cm³/mol. The summed E-state index contributed by atoms with van der Waals surface area (Å²) in [5.41, 5.74) is 2.63. The topological polar surface area (TPSA) is 63.8 Å². The van der Waals surface area contributed by atoms with Crippen molar-refractivity contribution in [2.45, 2.75) is 25.4 Å². The van der Waals surface area contributed by atoms with Gasteiger partial charge in [0.2, 0.25) is 0 Å². The Bertz CT molecular complexity index is 1080. The molecule has 1 saturated carbocycles. The van der Waals surface area contributed by atoms with Crippen molar-refractivity contribution in [1.82, 2.24) is 19.7 Å². The molecule has 1 unspecified atom stereocenters. The Kier molecular flexibility index (Phi) is 3.36. The van der Waals surface area contributed by atoms with Crippen molar-refractivity contribution < 1.29 is 5.11 Å². The first-order valence-corrected chi connectivity index (χ1v) is 9.37. The molecule has 1 aliphatic carbocycles. The summed E-state index contributed by atoms with van der Waals surface area (Å²) in [4.78, 5) is 11.2. The number of rotatable bonds is 3. The maximum absolute atomic E-state index is 10.5. The van der Waals surface area contributed by atoms with Crippen molar-refractivity contribution in [2.75, 3.05) is 0 Å². The van der Waals surface area contributed by atoms with Crippen LogP contribution < -0.4 is 0 Å². The number of thiophene rings is 1. The number of aryl methyl sites for hydroxylation is 1. The number of aliphatic hydroxyl groups is 1. The predicted octanol–water partition coefficient (Wildman–Crippen LogP) is 4.08. The van der Waals surface area contributed by atoms with Crippen LogP contribution in [-0.2, 0) is 7.05 Å². The van der Waals surface area contributed by atoms with Crippen LogP contribution in [0, 0.1) is 5.92 Å². The molecule has 5 rings (SSSR count). The van der Waals surface area contributed by atoms with E-state index in [2.05, 4.69) is 28.3 Å². The van der Waals surface area contributed by atoms with Crippen LogP contribution in [0.1, 0.15) is 30.2 Å². The van der Waals surface area contributed by atoms with Gasteiger partial charge in [-0.1, -0.05) is 6.42 Å². The zero-order valence-corrected chi connectivity index (χ0v) is 14.7. The van der Waals surface area contributed by atoms with Crippen LogP contribution >= 0.6 is 11.3 Å². The highest BCUT2D eigenvalue weighted by Crippen LogP contribution is 2.41. The zero-order valence-electron chi connectivity index (χ0n) is 13.9. The van der Waals surface area contributed by atoms with Gasteiger partial charge in [0.05, 0.1) is 11.8 Å². The highest BCUT2D eigenvalue weighted by atomic mass is 32.1. The first kappa shape index (κ1) is 15.0. The van der Waals surface area contributed by atoms with Crippen LogP contribution in [0.4, 0.5) is 0 Å². The molecule has 0 radical (unpaired) electrons. The van der Waals surface area contributed by atoms with Crippen molar-refractivity contribution in [1.29, 1.82) is 0 Å². The first-order valence-electron chi connectivity index (χ1n) is 8.56.